The summed E-state index contributed by atoms with van der Waals surface area (Å²) in [7, 11) is 0. The maximum absolute atomic E-state index is 11.8. The zero-order chi connectivity index (χ0) is 14.9. The Kier molecular flexibility index (Phi) is 4.98. The fourth-order valence-electron chi connectivity index (χ4n) is 1.88. The van der Waals surface area contributed by atoms with Crippen LogP contribution in [0.3, 0.4) is 0 Å². The normalized spacial score (nSPS) is 10.7. The molecule has 0 saturated heterocycles. The highest BCUT2D eigenvalue weighted by atomic mass is 35.5. The number of ketones is 1. The number of hydrogen-bond donors (Lipinski definition) is 0. The van der Waals surface area contributed by atoms with Crippen molar-refractivity contribution in [2.45, 2.75) is 13.3 Å². The molecule has 0 aliphatic heterocycles. The van der Waals surface area contributed by atoms with Crippen molar-refractivity contribution in [3.8, 4) is 11.1 Å². The van der Waals surface area contributed by atoms with Crippen molar-refractivity contribution in [1.82, 2.24) is 0 Å². The van der Waals surface area contributed by atoms with Gasteiger partial charge in [0.1, 0.15) is 0 Å². The molecule has 0 amide bonds. The van der Waals surface area contributed by atoms with E-state index in [1.165, 1.54) is 6.07 Å². The highest BCUT2D eigenvalue weighted by Gasteiger charge is 2.16. The average Bonchev–Trinajstić information content (AvgIpc) is 2.45. The molecule has 0 bridgehead atoms. The van der Waals surface area contributed by atoms with Crippen molar-refractivity contribution in [3.05, 3.63) is 56.0 Å². The van der Waals surface area contributed by atoms with Crippen LogP contribution in [0.4, 0.5) is 0 Å². The van der Waals surface area contributed by atoms with Gasteiger partial charge in [0.2, 0.25) is 0 Å². The van der Waals surface area contributed by atoms with E-state index < -0.39 is 0 Å². The smallest absolute Gasteiger partial charge is 0.162 e. The van der Waals surface area contributed by atoms with E-state index >= 15 is 0 Å². The lowest BCUT2D eigenvalue weighted by atomic mass is 10.0. The number of benzene rings is 2. The lowest BCUT2D eigenvalue weighted by molar-refractivity contribution is 0.0988. The van der Waals surface area contributed by atoms with E-state index in [0.717, 1.165) is 0 Å². The van der Waals surface area contributed by atoms with Gasteiger partial charge in [0.25, 0.3) is 0 Å². The quantitative estimate of drug-likeness (QED) is 0.453. The van der Waals surface area contributed by atoms with E-state index in [-0.39, 0.29) is 5.78 Å². The Morgan fingerprint density at radius 3 is 2.15 bits per heavy atom. The molecule has 20 heavy (non-hydrogen) atoms. The molecule has 5 heteroatoms. The van der Waals surface area contributed by atoms with Crippen molar-refractivity contribution in [1.29, 1.82) is 0 Å². The van der Waals surface area contributed by atoms with Crippen LogP contribution in [0, 0.1) is 0 Å². The van der Waals surface area contributed by atoms with Crippen molar-refractivity contribution in [2.75, 3.05) is 0 Å². The Morgan fingerprint density at radius 2 is 1.60 bits per heavy atom. The summed E-state index contributed by atoms with van der Waals surface area (Å²) in [6.07, 6.45) is 0.432. The Hall–Kier alpha value is -0.730. The predicted octanol–water partition coefficient (Wildman–Crippen LogP) is 6.56. The van der Waals surface area contributed by atoms with Crippen LogP contribution in [0.1, 0.15) is 23.7 Å². The van der Waals surface area contributed by atoms with Gasteiger partial charge in [-0.05, 0) is 17.7 Å². The lowest BCUT2D eigenvalue weighted by Crippen LogP contribution is -1.96. The van der Waals surface area contributed by atoms with Crippen LogP contribution < -0.4 is 0 Å². The van der Waals surface area contributed by atoms with Gasteiger partial charge in [0.05, 0.1) is 20.1 Å². The molecular formula is C15H10Cl4O. The van der Waals surface area contributed by atoms with E-state index in [9.17, 15) is 4.79 Å². The molecule has 104 valence electrons. The van der Waals surface area contributed by atoms with Gasteiger partial charge in [-0.3, -0.25) is 4.79 Å². The maximum atomic E-state index is 11.8. The SMILES string of the molecule is CCC(=O)c1cccc(-c2c(Cl)c(Cl)cc(Cl)c2Cl)c1. The number of Topliss-reactive ketones (excluding diaryl/α,β-unsaturated/α-hetero) is 1. The molecule has 2 aromatic carbocycles. The van der Waals surface area contributed by atoms with E-state index in [4.69, 9.17) is 46.4 Å². The minimum Gasteiger partial charge on any atom is -0.294 e. The van der Waals surface area contributed by atoms with Crippen LogP contribution in [0.25, 0.3) is 11.1 Å². The van der Waals surface area contributed by atoms with Crippen LogP contribution in [-0.4, -0.2) is 5.78 Å². The third-order valence-corrected chi connectivity index (χ3v) is 4.48. The molecule has 0 aromatic heterocycles. The van der Waals surface area contributed by atoms with Crippen molar-refractivity contribution in [2.24, 2.45) is 0 Å². The fourth-order valence-corrected chi connectivity index (χ4v) is 2.91. The van der Waals surface area contributed by atoms with Gasteiger partial charge in [0.15, 0.2) is 5.78 Å². The van der Waals surface area contributed by atoms with Gasteiger partial charge in [-0.15, -0.1) is 0 Å². The van der Waals surface area contributed by atoms with Crippen LogP contribution >= 0.6 is 46.4 Å². The van der Waals surface area contributed by atoms with Gasteiger partial charge in [-0.1, -0.05) is 71.5 Å². The molecule has 0 unspecified atom stereocenters. The second kappa shape index (κ2) is 6.36. The minimum atomic E-state index is 0.0484. The Bertz CT molecular complexity index is 654. The standard InChI is InChI=1S/C15H10Cl4O/c1-2-12(20)8-4-3-5-9(6-8)13-14(18)10(16)7-11(17)15(13)19/h3-7H,2H2,1H3. The van der Waals surface area contributed by atoms with E-state index in [2.05, 4.69) is 0 Å². The van der Waals surface area contributed by atoms with Crippen LogP contribution in [0.5, 0.6) is 0 Å². The monoisotopic (exact) mass is 346 g/mol. The van der Waals surface area contributed by atoms with Crippen molar-refractivity contribution >= 4 is 52.2 Å². The third kappa shape index (κ3) is 2.96. The first-order chi connectivity index (χ1) is 9.45. The number of halogens is 4. The molecular weight excluding hydrogens is 338 g/mol. The van der Waals surface area contributed by atoms with Crippen LogP contribution in [0.2, 0.25) is 20.1 Å². The highest BCUT2D eigenvalue weighted by molar-refractivity contribution is 6.50. The zero-order valence-corrected chi connectivity index (χ0v) is 13.5. The van der Waals surface area contributed by atoms with E-state index in [1.54, 1.807) is 18.2 Å². The first kappa shape index (κ1) is 15.7. The average molecular weight is 348 g/mol. The Balaban J connectivity index is 2.66. The summed E-state index contributed by atoms with van der Waals surface area (Å²) in [4.78, 5) is 11.8. The fraction of sp³-hybridized carbons (Fsp3) is 0.133. The highest BCUT2D eigenvalue weighted by Crippen LogP contribution is 2.43. The molecule has 0 heterocycles. The topological polar surface area (TPSA) is 17.1 Å². The summed E-state index contributed by atoms with van der Waals surface area (Å²) in [6, 6.07) is 8.58. The van der Waals surface area contributed by atoms with Crippen molar-refractivity contribution in [3.63, 3.8) is 0 Å². The summed E-state index contributed by atoms with van der Waals surface area (Å²) >= 11 is 24.5. The molecule has 2 rings (SSSR count). The number of rotatable bonds is 3. The first-order valence-electron chi connectivity index (χ1n) is 5.92. The molecule has 0 spiro atoms. The number of carbonyl (C=O) groups excluding carboxylic acids is 1. The predicted molar refractivity (Wildman–Crippen MR) is 86.5 cm³/mol. The van der Waals surface area contributed by atoms with E-state index in [1.807, 2.05) is 13.0 Å². The second-order valence-electron chi connectivity index (χ2n) is 4.20. The van der Waals surface area contributed by atoms with E-state index in [0.29, 0.717) is 43.2 Å². The molecule has 0 N–H and O–H groups in total. The summed E-state index contributed by atoms with van der Waals surface area (Å²) < 4.78 is 0. The number of carbonyl (C=O) groups is 1. The molecule has 1 nitrogen and oxygen atoms in total. The summed E-state index contributed by atoms with van der Waals surface area (Å²) in [5.41, 5.74) is 1.86. The largest absolute Gasteiger partial charge is 0.294 e. The van der Waals surface area contributed by atoms with Gasteiger partial charge < -0.3 is 0 Å². The Labute approximate surface area is 137 Å². The summed E-state index contributed by atoms with van der Waals surface area (Å²) in [6.45, 7) is 1.81. The Morgan fingerprint density at radius 1 is 1.00 bits per heavy atom. The second-order valence-corrected chi connectivity index (χ2v) is 5.77. The molecule has 0 aliphatic rings. The molecule has 0 saturated carbocycles. The molecule has 0 atom stereocenters. The minimum absolute atomic E-state index is 0.0484. The maximum Gasteiger partial charge on any atom is 0.162 e. The van der Waals surface area contributed by atoms with Crippen molar-refractivity contribution < 1.29 is 4.79 Å². The third-order valence-electron chi connectivity index (χ3n) is 2.91. The van der Waals surface area contributed by atoms with Gasteiger partial charge in [0, 0.05) is 17.5 Å². The zero-order valence-electron chi connectivity index (χ0n) is 10.5. The molecule has 0 aliphatic carbocycles. The van der Waals surface area contributed by atoms with Crippen LogP contribution in [-0.2, 0) is 0 Å². The number of hydrogen-bond acceptors (Lipinski definition) is 1. The molecule has 0 radical (unpaired) electrons. The molecule has 0 fully saturated rings. The van der Waals surface area contributed by atoms with Gasteiger partial charge in [-0.2, -0.15) is 0 Å². The summed E-state index contributed by atoms with van der Waals surface area (Å²) in [5.74, 6) is 0.0484. The van der Waals surface area contributed by atoms with Gasteiger partial charge >= 0.3 is 0 Å². The lowest BCUT2D eigenvalue weighted by Gasteiger charge is -2.11. The molecule has 2 aromatic rings. The first-order valence-corrected chi connectivity index (χ1v) is 7.43. The van der Waals surface area contributed by atoms with Crippen LogP contribution in [0.15, 0.2) is 30.3 Å². The van der Waals surface area contributed by atoms with Gasteiger partial charge in [-0.25, -0.2) is 0 Å². The summed E-state index contributed by atoms with van der Waals surface area (Å²) in [5, 5.41) is 1.29.